The molecule has 1 atom stereocenters. The Morgan fingerprint density at radius 3 is 2.42 bits per heavy atom. The van der Waals surface area contributed by atoms with Crippen LogP contribution in [0.25, 0.3) is 6.08 Å². The first-order valence-corrected chi connectivity index (χ1v) is 11.9. The highest BCUT2D eigenvalue weighted by atomic mass is 32.2. The van der Waals surface area contributed by atoms with Crippen molar-refractivity contribution in [3.8, 4) is 0 Å². The van der Waals surface area contributed by atoms with Gasteiger partial charge < -0.3 is 14.6 Å². The van der Waals surface area contributed by atoms with Gasteiger partial charge in [0, 0.05) is 31.6 Å². The lowest BCUT2D eigenvalue weighted by molar-refractivity contribution is -0.139. The van der Waals surface area contributed by atoms with Crippen molar-refractivity contribution in [2.75, 3.05) is 32.7 Å². The summed E-state index contributed by atoms with van der Waals surface area (Å²) in [5.74, 6) is -0.736. The molecule has 2 saturated heterocycles. The Labute approximate surface area is 191 Å². The molecule has 1 aromatic carbocycles. The summed E-state index contributed by atoms with van der Waals surface area (Å²) in [6, 6.07) is 11.6. The van der Waals surface area contributed by atoms with Crippen molar-refractivity contribution in [3.63, 3.8) is 0 Å². The van der Waals surface area contributed by atoms with Crippen LogP contribution in [-0.4, -0.2) is 73.1 Å². The van der Waals surface area contributed by atoms with Crippen molar-refractivity contribution in [1.29, 1.82) is 0 Å². The number of carbonyl (C=O) groups excluding carboxylic acids is 3. The summed E-state index contributed by atoms with van der Waals surface area (Å²) >= 11 is 0. The number of hydrogen-bond donors (Lipinski definition) is 1. The van der Waals surface area contributed by atoms with Crippen molar-refractivity contribution in [1.82, 2.24) is 19.4 Å². The van der Waals surface area contributed by atoms with E-state index in [1.807, 2.05) is 18.2 Å². The van der Waals surface area contributed by atoms with Gasteiger partial charge in [0.05, 0.1) is 6.26 Å². The van der Waals surface area contributed by atoms with E-state index in [9.17, 15) is 22.8 Å². The predicted octanol–water partition coefficient (Wildman–Crippen LogP) is 1.19. The molecule has 0 spiro atoms. The topological polar surface area (TPSA) is 120 Å². The maximum atomic E-state index is 12.8. The highest BCUT2D eigenvalue weighted by Crippen LogP contribution is 2.29. The second-order valence-electron chi connectivity index (χ2n) is 7.96. The Bertz CT molecular complexity index is 1170. The van der Waals surface area contributed by atoms with Gasteiger partial charge in [-0.2, -0.15) is 4.31 Å². The summed E-state index contributed by atoms with van der Waals surface area (Å²) in [5, 5.41) is 3.73. The standard InChI is InChI=1S/C22H24N4O6S/c1-22(18-8-5-14-32-18)20(28)26(21(29)23-22)16-19(27)24-10-12-25(13-11-24)33(30,31)15-9-17-6-3-2-4-7-17/h2-9,14-15H,10-13,16H2,1H3,(H,23,29)/b15-9+. The van der Waals surface area contributed by atoms with E-state index < -0.39 is 40.0 Å². The molecule has 3 heterocycles. The molecule has 2 fully saturated rings. The van der Waals surface area contributed by atoms with E-state index in [2.05, 4.69) is 5.32 Å². The van der Waals surface area contributed by atoms with Gasteiger partial charge in [-0.1, -0.05) is 30.3 Å². The van der Waals surface area contributed by atoms with Crippen molar-refractivity contribution in [2.45, 2.75) is 12.5 Å². The van der Waals surface area contributed by atoms with E-state index >= 15 is 0 Å². The van der Waals surface area contributed by atoms with Crippen LogP contribution < -0.4 is 5.32 Å². The Kier molecular flexibility index (Phi) is 6.09. The van der Waals surface area contributed by atoms with Gasteiger partial charge in [0.25, 0.3) is 5.91 Å². The second kappa shape index (κ2) is 8.83. The minimum absolute atomic E-state index is 0.122. The molecule has 174 valence electrons. The third kappa shape index (κ3) is 4.55. The fourth-order valence-corrected chi connectivity index (χ4v) is 4.99. The summed E-state index contributed by atoms with van der Waals surface area (Å²) in [6.45, 7) is 1.66. The van der Waals surface area contributed by atoms with Crippen LogP contribution in [0.1, 0.15) is 18.2 Å². The predicted molar refractivity (Wildman–Crippen MR) is 119 cm³/mol. The zero-order valence-electron chi connectivity index (χ0n) is 18.0. The Morgan fingerprint density at radius 2 is 1.79 bits per heavy atom. The number of imide groups is 1. The smallest absolute Gasteiger partial charge is 0.325 e. The average Bonchev–Trinajstić information content (AvgIpc) is 3.43. The summed E-state index contributed by atoms with van der Waals surface area (Å²) in [5.41, 5.74) is -0.608. The molecule has 2 aliphatic rings. The maximum Gasteiger partial charge on any atom is 0.325 e. The number of rotatable bonds is 6. The zero-order chi connectivity index (χ0) is 23.6. The molecule has 0 aliphatic carbocycles. The van der Waals surface area contributed by atoms with Crippen LogP contribution in [0.3, 0.4) is 0 Å². The number of nitrogens with zero attached hydrogens (tertiary/aromatic N) is 3. The monoisotopic (exact) mass is 472 g/mol. The number of sulfonamides is 1. The third-order valence-corrected chi connectivity index (χ3v) is 7.33. The first-order valence-electron chi connectivity index (χ1n) is 10.4. The molecule has 0 saturated carbocycles. The molecule has 2 aliphatic heterocycles. The van der Waals surface area contributed by atoms with Crippen LogP contribution >= 0.6 is 0 Å². The third-order valence-electron chi connectivity index (χ3n) is 5.77. The molecule has 1 N–H and O–H groups in total. The van der Waals surface area contributed by atoms with Crippen molar-refractivity contribution in [3.05, 3.63) is 65.5 Å². The minimum Gasteiger partial charge on any atom is -0.466 e. The molecular formula is C22H24N4O6S. The lowest BCUT2D eigenvalue weighted by atomic mass is 9.99. The Morgan fingerprint density at radius 1 is 1.09 bits per heavy atom. The van der Waals surface area contributed by atoms with Gasteiger partial charge in [-0.25, -0.2) is 13.2 Å². The summed E-state index contributed by atoms with van der Waals surface area (Å²) in [4.78, 5) is 40.3. The van der Waals surface area contributed by atoms with E-state index in [4.69, 9.17) is 4.42 Å². The molecule has 4 amide bonds. The van der Waals surface area contributed by atoms with Gasteiger partial charge in [0.15, 0.2) is 5.54 Å². The lowest BCUT2D eigenvalue weighted by Gasteiger charge is -2.34. The highest BCUT2D eigenvalue weighted by molar-refractivity contribution is 7.92. The van der Waals surface area contributed by atoms with Gasteiger partial charge in [-0.3, -0.25) is 14.5 Å². The average molecular weight is 473 g/mol. The summed E-state index contributed by atoms with van der Waals surface area (Å²) in [7, 11) is -3.64. The molecule has 1 unspecified atom stereocenters. The van der Waals surface area contributed by atoms with Crippen molar-refractivity contribution in [2.24, 2.45) is 0 Å². The molecule has 33 heavy (non-hydrogen) atoms. The Balaban J connectivity index is 1.35. The largest absolute Gasteiger partial charge is 0.466 e. The number of carbonyl (C=O) groups is 3. The normalized spacial score (nSPS) is 22.2. The first-order chi connectivity index (χ1) is 15.7. The van der Waals surface area contributed by atoms with Gasteiger partial charge in [-0.15, -0.1) is 0 Å². The highest BCUT2D eigenvalue weighted by Gasteiger charge is 2.51. The number of urea groups is 1. The van der Waals surface area contributed by atoms with Crippen molar-refractivity contribution >= 4 is 33.9 Å². The van der Waals surface area contributed by atoms with Gasteiger partial charge >= 0.3 is 6.03 Å². The molecule has 0 radical (unpaired) electrons. The Hall–Kier alpha value is -3.44. The fourth-order valence-electron chi connectivity index (χ4n) is 3.81. The molecule has 0 bridgehead atoms. The van der Waals surface area contributed by atoms with E-state index in [1.54, 1.807) is 24.3 Å². The van der Waals surface area contributed by atoms with Gasteiger partial charge in [-0.05, 0) is 30.7 Å². The number of piperazine rings is 1. The number of benzene rings is 1. The first kappa shape index (κ1) is 22.7. The molecule has 11 heteroatoms. The number of amides is 4. The number of nitrogens with one attached hydrogen (secondary N) is 1. The maximum absolute atomic E-state index is 12.8. The number of furan rings is 1. The second-order valence-corrected chi connectivity index (χ2v) is 9.78. The van der Waals surface area contributed by atoms with E-state index in [0.717, 1.165) is 15.9 Å². The molecule has 1 aromatic heterocycles. The van der Waals surface area contributed by atoms with Crippen LogP contribution in [0.2, 0.25) is 0 Å². The molecule has 4 rings (SSSR count). The van der Waals surface area contributed by atoms with Gasteiger partial charge in [0.1, 0.15) is 12.3 Å². The van der Waals surface area contributed by atoms with E-state index in [0.29, 0.717) is 0 Å². The fraction of sp³-hybridized carbons (Fsp3) is 0.318. The molecule has 2 aromatic rings. The minimum atomic E-state index is -3.64. The van der Waals surface area contributed by atoms with Crippen molar-refractivity contribution < 1.29 is 27.2 Å². The van der Waals surface area contributed by atoms with Crippen LogP contribution in [0, 0.1) is 0 Å². The van der Waals surface area contributed by atoms with E-state index in [1.165, 1.54) is 28.5 Å². The summed E-state index contributed by atoms with van der Waals surface area (Å²) in [6.07, 6.45) is 2.93. The van der Waals surface area contributed by atoms with Crippen LogP contribution in [0.4, 0.5) is 4.79 Å². The quantitative estimate of drug-likeness (QED) is 0.631. The lowest BCUT2D eigenvalue weighted by Crippen LogP contribution is -2.53. The van der Waals surface area contributed by atoms with Gasteiger partial charge in [0.2, 0.25) is 15.9 Å². The van der Waals surface area contributed by atoms with Crippen LogP contribution in [-0.2, 0) is 25.2 Å². The molecular weight excluding hydrogens is 448 g/mol. The van der Waals surface area contributed by atoms with Crippen LogP contribution in [0.15, 0.2) is 58.6 Å². The summed E-state index contributed by atoms with van der Waals surface area (Å²) < 4.78 is 31.8. The zero-order valence-corrected chi connectivity index (χ0v) is 18.8. The SMILES string of the molecule is CC1(c2ccco2)NC(=O)N(CC(=O)N2CCN(S(=O)(=O)/C=C/c3ccccc3)CC2)C1=O. The molecule has 10 nitrogen and oxygen atoms in total. The van der Waals surface area contributed by atoms with E-state index in [-0.39, 0.29) is 31.9 Å². The van der Waals surface area contributed by atoms with Crippen LogP contribution in [0.5, 0.6) is 0 Å². The number of hydrogen-bond acceptors (Lipinski definition) is 6.